The lowest BCUT2D eigenvalue weighted by Crippen LogP contribution is -1.83. The van der Waals surface area contributed by atoms with Gasteiger partial charge in [0, 0.05) is 10.9 Å². The van der Waals surface area contributed by atoms with E-state index in [0.29, 0.717) is 12.0 Å². The number of hydrogen-bond donors (Lipinski definition) is 1. The molecule has 1 rings (SSSR count). The molecule has 0 heterocycles. The minimum absolute atomic E-state index is 0.00260. The molecule has 0 bridgehead atoms. The van der Waals surface area contributed by atoms with E-state index >= 15 is 0 Å². The van der Waals surface area contributed by atoms with Crippen molar-refractivity contribution in [1.82, 2.24) is 0 Å². The minimum Gasteiger partial charge on any atom is -0.395 e. The molecule has 0 fully saturated rings. The summed E-state index contributed by atoms with van der Waals surface area (Å²) in [5.41, 5.74) is 0.350. The molecule has 68 valence electrons. The molecular formula is C10H8BrFO. The highest BCUT2D eigenvalue weighted by atomic mass is 79.9. The van der Waals surface area contributed by atoms with Gasteiger partial charge in [-0.15, -0.1) is 0 Å². The third kappa shape index (κ3) is 3.17. The first-order valence-electron chi connectivity index (χ1n) is 3.79. The number of rotatable bonds is 1. The van der Waals surface area contributed by atoms with E-state index in [-0.39, 0.29) is 12.4 Å². The smallest absolute Gasteiger partial charge is 0.138 e. The molecule has 0 atom stereocenters. The normalized spacial score (nSPS) is 9.15. The van der Waals surface area contributed by atoms with Crippen LogP contribution < -0.4 is 0 Å². The van der Waals surface area contributed by atoms with E-state index in [9.17, 15) is 4.39 Å². The molecule has 13 heavy (non-hydrogen) atoms. The summed E-state index contributed by atoms with van der Waals surface area (Å²) in [6.07, 6.45) is 0.367. The van der Waals surface area contributed by atoms with E-state index in [0.717, 1.165) is 4.47 Å². The van der Waals surface area contributed by atoms with Crippen LogP contribution in [-0.2, 0) is 0 Å². The number of hydrogen-bond acceptors (Lipinski definition) is 1. The predicted molar refractivity (Wildman–Crippen MR) is 52.7 cm³/mol. The second kappa shape index (κ2) is 5.00. The van der Waals surface area contributed by atoms with Crippen LogP contribution >= 0.6 is 15.9 Å². The Bertz CT molecular complexity index is 352. The third-order valence-electron chi connectivity index (χ3n) is 1.39. The van der Waals surface area contributed by atoms with Gasteiger partial charge in [0.15, 0.2) is 0 Å². The van der Waals surface area contributed by atoms with Crippen LogP contribution in [0.15, 0.2) is 22.7 Å². The largest absolute Gasteiger partial charge is 0.395 e. The molecule has 1 aromatic carbocycles. The van der Waals surface area contributed by atoms with Gasteiger partial charge in [-0.05, 0) is 18.2 Å². The van der Waals surface area contributed by atoms with E-state index in [1.807, 2.05) is 0 Å². The fourth-order valence-corrected chi connectivity index (χ4v) is 1.17. The van der Waals surface area contributed by atoms with Gasteiger partial charge >= 0.3 is 0 Å². The van der Waals surface area contributed by atoms with Gasteiger partial charge < -0.3 is 5.11 Å². The van der Waals surface area contributed by atoms with Crippen molar-refractivity contribution in [1.29, 1.82) is 0 Å². The lowest BCUT2D eigenvalue weighted by Gasteiger charge is -1.94. The molecule has 0 aliphatic heterocycles. The summed E-state index contributed by atoms with van der Waals surface area (Å²) < 4.78 is 13.8. The van der Waals surface area contributed by atoms with E-state index in [1.165, 1.54) is 6.07 Å². The summed E-state index contributed by atoms with van der Waals surface area (Å²) in [6.45, 7) is 0.00260. The van der Waals surface area contributed by atoms with Crippen LogP contribution in [0, 0.1) is 17.7 Å². The number of aliphatic hydroxyl groups excluding tert-OH is 1. The molecule has 0 aromatic heterocycles. The predicted octanol–water partition coefficient (Wildman–Crippen LogP) is 2.32. The summed E-state index contributed by atoms with van der Waals surface area (Å²) in [7, 11) is 0. The molecule has 0 saturated heterocycles. The first-order chi connectivity index (χ1) is 6.24. The summed E-state index contributed by atoms with van der Waals surface area (Å²) in [5, 5.41) is 8.46. The summed E-state index contributed by atoms with van der Waals surface area (Å²) in [4.78, 5) is 0. The van der Waals surface area contributed by atoms with Crippen LogP contribution in [-0.4, -0.2) is 11.7 Å². The van der Waals surface area contributed by atoms with Gasteiger partial charge in [-0.25, -0.2) is 4.39 Å². The molecule has 0 saturated carbocycles. The second-order valence-electron chi connectivity index (χ2n) is 2.40. The first-order valence-corrected chi connectivity index (χ1v) is 4.58. The first kappa shape index (κ1) is 10.2. The zero-order chi connectivity index (χ0) is 9.68. The zero-order valence-corrected chi connectivity index (χ0v) is 8.44. The quantitative estimate of drug-likeness (QED) is 0.750. The molecule has 1 N–H and O–H groups in total. The zero-order valence-electron chi connectivity index (χ0n) is 6.85. The lowest BCUT2D eigenvalue weighted by atomic mass is 10.2. The van der Waals surface area contributed by atoms with Crippen molar-refractivity contribution in [3.05, 3.63) is 34.1 Å². The van der Waals surface area contributed by atoms with Crippen molar-refractivity contribution in [2.24, 2.45) is 0 Å². The molecule has 1 nitrogen and oxygen atoms in total. The maximum absolute atomic E-state index is 13.0. The summed E-state index contributed by atoms with van der Waals surface area (Å²) in [5.74, 6) is 4.96. The molecule has 0 aliphatic rings. The van der Waals surface area contributed by atoms with Crippen LogP contribution in [0.2, 0.25) is 0 Å². The van der Waals surface area contributed by atoms with E-state index < -0.39 is 0 Å². The Morgan fingerprint density at radius 2 is 2.23 bits per heavy atom. The van der Waals surface area contributed by atoms with Crippen LogP contribution in [0.4, 0.5) is 4.39 Å². The Morgan fingerprint density at radius 1 is 1.46 bits per heavy atom. The molecule has 0 unspecified atom stereocenters. The minimum atomic E-state index is -0.339. The van der Waals surface area contributed by atoms with E-state index in [1.54, 1.807) is 12.1 Å². The second-order valence-corrected chi connectivity index (χ2v) is 3.32. The molecular weight excluding hydrogens is 235 g/mol. The highest BCUT2D eigenvalue weighted by Crippen LogP contribution is 2.14. The molecule has 0 aliphatic carbocycles. The van der Waals surface area contributed by atoms with Crippen molar-refractivity contribution < 1.29 is 9.50 Å². The maximum atomic E-state index is 13.0. The van der Waals surface area contributed by atoms with Crippen molar-refractivity contribution in [2.75, 3.05) is 6.61 Å². The highest BCUT2D eigenvalue weighted by molar-refractivity contribution is 9.10. The molecule has 0 radical (unpaired) electrons. The molecule has 1 aromatic rings. The summed E-state index contributed by atoms with van der Waals surface area (Å²) in [6, 6.07) is 4.58. The fourth-order valence-electron chi connectivity index (χ4n) is 0.807. The van der Waals surface area contributed by atoms with Gasteiger partial charge in [-0.1, -0.05) is 27.8 Å². The van der Waals surface area contributed by atoms with Crippen LogP contribution in [0.3, 0.4) is 0 Å². The fraction of sp³-hybridized carbons (Fsp3) is 0.200. The van der Waals surface area contributed by atoms with Gasteiger partial charge in [0.05, 0.1) is 12.2 Å². The Labute approximate surface area is 84.7 Å². The Kier molecular flexibility index (Phi) is 3.94. The monoisotopic (exact) mass is 242 g/mol. The Morgan fingerprint density at radius 3 is 2.92 bits per heavy atom. The number of aliphatic hydroxyl groups is 1. The Hall–Kier alpha value is -0.850. The Balaban J connectivity index is 2.89. The maximum Gasteiger partial charge on any atom is 0.138 e. The van der Waals surface area contributed by atoms with Gasteiger partial charge in [0.2, 0.25) is 0 Å². The third-order valence-corrected chi connectivity index (χ3v) is 1.88. The van der Waals surface area contributed by atoms with Crippen LogP contribution in [0.5, 0.6) is 0 Å². The highest BCUT2D eigenvalue weighted by Gasteiger charge is 1.97. The van der Waals surface area contributed by atoms with Crippen LogP contribution in [0.1, 0.15) is 12.0 Å². The van der Waals surface area contributed by atoms with Crippen molar-refractivity contribution >= 4 is 15.9 Å². The SMILES string of the molecule is OCCC#Cc1cc(Br)ccc1F. The van der Waals surface area contributed by atoms with Gasteiger partial charge in [-0.3, -0.25) is 0 Å². The van der Waals surface area contributed by atoms with Gasteiger partial charge in [0.1, 0.15) is 5.82 Å². The van der Waals surface area contributed by atoms with Crippen LogP contribution in [0.25, 0.3) is 0 Å². The average molecular weight is 243 g/mol. The molecule has 0 amide bonds. The van der Waals surface area contributed by atoms with Gasteiger partial charge in [-0.2, -0.15) is 0 Å². The van der Waals surface area contributed by atoms with E-state index in [2.05, 4.69) is 27.8 Å². The number of halogens is 2. The molecule has 0 spiro atoms. The number of benzene rings is 1. The standard InChI is InChI=1S/C10H8BrFO/c11-9-4-5-10(12)8(7-9)3-1-2-6-13/h4-5,7,13H,2,6H2. The van der Waals surface area contributed by atoms with Crippen molar-refractivity contribution in [3.8, 4) is 11.8 Å². The van der Waals surface area contributed by atoms with Crippen molar-refractivity contribution in [3.63, 3.8) is 0 Å². The molecule has 3 heteroatoms. The van der Waals surface area contributed by atoms with Gasteiger partial charge in [0.25, 0.3) is 0 Å². The van der Waals surface area contributed by atoms with E-state index in [4.69, 9.17) is 5.11 Å². The summed E-state index contributed by atoms with van der Waals surface area (Å²) >= 11 is 3.22. The lowest BCUT2D eigenvalue weighted by molar-refractivity contribution is 0.305. The average Bonchev–Trinajstić information content (AvgIpc) is 2.11. The van der Waals surface area contributed by atoms with Crippen molar-refractivity contribution in [2.45, 2.75) is 6.42 Å². The topological polar surface area (TPSA) is 20.2 Å².